The fourth-order valence-electron chi connectivity index (χ4n) is 2.56. The minimum absolute atomic E-state index is 0.497. The molecule has 96 valence electrons. The van der Waals surface area contributed by atoms with Crippen LogP contribution >= 0.6 is 0 Å². The maximum absolute atomic E-state index is 3.48. The molecular formula is C16H27N. The zero-order chi connectivity index (χ0) is 12.8. The first-order chi connectivity index (χ1) is 8.10. The van der Waals surface area contributed by atoms with Crippen molar-refractivity contribution < 1.29 is 0 Å². The summed E-state index contributed by atoms with van der Waals surface area (Å²) in [6.45, 7) is 9.06. The summed E-state index contributed by atoms with van der Waals surface area (Å²) in [5.74, 6) is 0.789. The van der Waals surface area contributed by atoms with Crippen molar-refractivity contribution in [1.82, 2.24) is 5.32 Å². The quantitative estimate of drug-likeness (QED) is 0.768. The molecule has 0 aromatic heterocycles. The van der Waals surface area contributed by atoms with E-state index in [1.54, 1.807) is 0 Å². The van der Waals surface area contributed by atoms with E-state index < -0.39 is 0 Å². The fraction of sp³-hybridized carbons (Fsp3) is 0.625. The monoisotopic (exact) mass is 233 g/mol. The van der Waals surface area contributed by atoms with Crippen LogP contribution in [0.2, 0.25) is 0 Å². The van der Waals surface area contributed by atoms with Crippen LogP contribution < -0.4 is 5.32 Å². The summed E-state index contributed by atoms with van der Waals surface area (Å²) in [5, 5.41) is 3.48. The maximum atomic E-state index is 3.48. The van der Waals surface area contributed by atoms with E-state index in [1.165, 1.54) is 36.0 Å². The molecule has 1 aromatic rings. The highest BCUT2D eigenvalue weighted by Crippen LogP contribution is 2.27. The predicted octanol–water partition coefficient (Wildman–Crippen LogP) is 4.39. The molecule has 0 radical (unpaired) electrons. The van der Waals surface area contributed by atoms with Crippen LogP contribution in [0.15, 0.2) is 18.2 Å². The summed E-state index contributed by atoms with van der Waals surface area (Å²) in [7, 11) is 2.07. The Morgan fingerprint density at radius 2 is 1.94 bits per heavy atom. The second kappa shape index (κ2) is 6.80. The van der Waals surface area contributed by atoms with Gasteiger partial charge in [-0.15, -0.1) is 0 Å². The van der Waals surface area contributed by atoms with Gasteiger partial charge in [0.25, 0.3) is 0 Å². The van der Waals surface area contributed by atoms with E-state index in [-0.39, 0.29) is 0 Å². The Kier molecular flexibility index (Phi) is 5.70. The molecule has 0 bridgehead atoms. The average molecular weight is 233 g/mol. The third kappa shape index (κ3) is 3.85. The Bertz CT molecular complexity index is 343. The van der Waals surface area contributed by atoms with Crippen LogP contribution in [0.1, 0.15) is 55.8 Å². The van der Waals surface area contributed by atoms with Crippen LogP contribution in [-0.2, 0) is 0 Å². The first-order valence-electron chi connectivity index (χ1n) is 6.83. The van der Waals surface area contributed by atoms with Crippen molar-refractivity contribution in [3.8, 4) is 0 Å². The SMILES string of the molecule is CCCC(C)CC(NC)c1cccc(C)c1C. The van der Waals surface area contributed by atoms with Gasteiger partial charge in [0.1, 0.15) is 0 Å². The van der Waals surface area contributed by atoms with Crippen LogP contribution in [0.25, 0.3) is 0 Å². The smallest absolute Gasteiger partial charge is 0.0322 e. The van der Waals surface area contributed by atoms with Gasteiger partial charge in [0.2, 0.25) is 0 Å². The van der Waals surface area contributed by atoms with Crippen molar-refractivity contribution in [3.63, 3.8) is 0 Å². The number of nitrogens with one attached hydrogen (secondary N) is 1. The Morgan fingerprint density at radius 3 is 2.53 bits per heavy atom. The lowest BCUT2D eigenvalue weighted by Gasteiger charge is -2.23. The zero-order valence-corrected chi connectivity index (χ0v) is 12.0. The molecule has 0 heterocycles. The Labute approximate surface area is 107 Å². The molecule has 1 nitrogen and oxygen atoms in total. The summed E-state index contributed by atoms with van der Waals surface area (Å²) in [4.78, 5) is 0. The second-order valence-electron chi connectivity index (χ2n) is 5.26. The molecule has 1 aromatic carbocycles. The third-order valence-electron chi connectivity index (χ3n) is 3.79. The first-order valence-corrected chi connectivity index (χ1v) is 6.83. The topological polar surface area (TPSA) is 12.0 Å². The molecule has 0 saturated heterocycles. The summed E-state index contributed by atoms with van der Waals surface area (Å²) in [6.07, 6.45) is 3.84. The molecular weight excluding hydrogens is 206 g/mol. The van der Waals surface area contributed by atoms with Gasteiger partial charge < -0.3 is 5.32 Å². The van der Waals surface area contributed by atoms with Crippen molar-refractivity contribution in [3.05, 3.63) is 34.9 Å². The molecule has 1 N–H and O–H groups in total. The van der Waals surface area contributed by atoms with E-state index >= 15 is 0 Å². The van der Waals surface area contributed by atoms with Crippen LogP contribution in [0.3, 0.4) is 0 Å². The summed E-state index contributed by atoms with van der Waals surface area (Å²) in [5.41, 5.74) is 4.30. The molecule has 2 atom stereocenters. The minimum Gasteiger partial charge on any atom is -0.313 e. The van der Waals surface area contributed by atoms with Gasteiger partial charge in [-0.2, -0.15) is 0 Å². The highest BCUT2D eigenvalue weighted by atomic mass is 14.9. The normalized spacial score (nSPS) is 14.6. The molecule has 0 aliphatic carbocycles. The van der Waals surface area contributed by atoms with Gasteiger partial charge in [0.05, 0.1) is 0 Å². The van der Waals surface area contributed by atoms with Gasteiger partial charge >= 0.3 is 0 Å². The summed E-state index contributed by atoms with van der Waals surface area (Å²) < 4.78 is 0. The first kappa shape index (κ1) is 14.2. The van der Waals surface area contributed by atoms with E-state index in [4.69, 9.17) is 0 Å². The van der Waals surface area contributed by atoms with Gasteiger partial charge in [0.15, 0.2) is 0 Å². The highest BCUT2D eigenvalue weighted by molar-refractivity contribution is 5.35. The molecule has 0 aliphatic rings. The lowest BCUT2D eigenvalue weighted by Crippen LogP contribution is -2.20. The summed E-state index contributed by atoms with van der Waals surface area (Å²) in [6, 6.07) is 7.13. The van der Waals surface area contributed by atoms with E-state index in [9.17, 15) is 0 Å². The highest BCUT2D eigenvalue weighted by Gasteiger charge is 2.15. The van der Waals surface area contributed by atoms with E-state index in [1.807, 2.05) is 0 Å². The number of rotatable bonds is 6. The van der Waals surface area contributed by atoms with Crippen LogP contribution in [0.4, 0.5) is 0 Å². The molecule has 0 spiro atoms. The van der Waals surface area contributed by atoms with Gasteiger partial charge in [-0.3, -0.25) is 0 Å². The fourth-order valence-corrected chi connectivity index (χ4v) is 2.56. The molecule has 0 aliphatic heterocycles. The van der Waals surface area contributed by atoms with Crippen LogP contribution in [0.5, 0.6) is 0 Å². The van der Waals surface area contributed by atoms with Gasteiger partial charge in [-0.1, -0.05) is 44.9 Å². The predicted molar refractivity (Wildman–Crippen MR) is 76.4 cm³/mol. The standard InChI is InChI=1S/C16H27N/c1-6-8-12(2)11-16(17-5)15-10-7-9-13(3)14(15)4/h7,9-10,12,16-17H,6,8,11H2,1-5H3. The van der Waals surface area contributed by atoms with E-state index in [2.05, 4.69) is 58.3 Å². The minimum atomic E-state index is 0.497. The lowest BCUT2D eigenvalue weighted by atomic mass is 9.89. The van der Waals surface area contributed by atoms with Crippen molar-refractivity contribution in [2.24, 2.45) is 5.92 Å². The number of benzene rings is 1. The van der Waals surface area contributed by atoms with E-state index in [0.717, 1.165) is 5.92 Å². The molecule has 0 saturated carbocycles. The zero-order valence-electron chi connectivity index (χ0n) is 12.0. The molecule has 0 amide bonds. The maximum Gasteiger partial charge on any atom is 0.0322 e. The van der Waals surface area contributed by atoms with Crippen LogP contribution in [0, 0.1) is 19.8 Å². The van der Waals surface area contributed by atoms with Crippen LogP contribution in [-0.4, -0.2) is 7.05 Å². The van der Waals surface area contributed by atoms with Gasteiger partial charge in [-0.05, 0) is 49.9 Å². The molecule has 1 heteroatoms. The van der Waals surface area contributed by atoms with Crippen molar-refractivity contribution >= 4 is 0 Å². The molecule has 1 rings (SSSR count). The largest absolute Gasteiger partial charge is 0.313 e. The third-order valence-corrected chi connectivity index (χ3v) is 3.79. The van der Waals surface area contributed by atoms with Gasteiger partial charge in [0, 0.05) is 6.04 Å². The Morgan fingerprint density at radius 1 is 1.24 bits per heavy atom. The average Bonchev–Trinajstić information content (AvgIpc) is 2.30. The molecule has 2 unspecified atom stereocenters. The van der Waals surface area contributed by atoms with Crippen molar-refractivity contribution in [2.45, 2.75) is 53.0 Å². The summed E-state index contributed by atoms with van der Waals surface area (Å²) >= 11 is 0. The lowest BCUT2D eigenvalue weighted by molar-refractivity contribution is 0.406. The van der Waals surface area contributed by atoms with E-state index in [0.29, 0.717) is 6.04 Å². The molecule has 17 heavy (non-hydrogen) atoms. The molecule has 0 fully saturated rings. The number of hydrogen-bond acceptors (Lipinski definition) is 1. The number of hydrogen-bond donors (Lipinski definition) is 1. The van der Waals surface area contributed by atoms with Gasteiger partial charge in [-0.25, -0.2) is 0 Å². The van der Waals surface area contributed by atoms with Crippen molar-refractivity contribution in [2.75, 3.05) is 7.05 Å². The Hall–Kier alpha value is -0.820. The second-order valence-corrected chi connectivity index (χ2v) is 5.26. The number of aryl methyl sites for hydroxylation is 1. The van der Waals surface area contributed by atoms with Crippen molar-refractivity contribution in [1.29, 1.82) is 0 Å². The Balaban J connectivity index is 2.82.